The number of nitrogens with zero attached hydrogens (tertiary/aromatic N) is 2. The number of aryl methyl sites for hydroxylation is 1. The molecule has 0 radical (unpaired) electrons. The van der Waals surface area contributed by atoms with Crippen LogP contribution in [0.3, 0.4) is 0 Å². The number of benzene rings is 1. The lowest BCUT2D eigenvalue weighted by molar-refractivity contribution is -0.129. The summed E-state index contributed by atoms with van der Waals surface area (Å²) >= 11 is 0. The summed E-state index contributed by atoms with van der Waals surface area (Å²) < 4.78 is 0. The van der Waals surface area contributed by atoms with Crippen LogP contribution in [0.25, 0.3) is 0 Å². The second kappa shape index (κ2) is 7.63. The Balaban J connectivity index is 2.05. The van der Waals surface area contributed by atoms with Crippen LogP contribution in [0.5, 0.6) is 5.75 Å². The van der Waals surface area contributed by atoms with Crippen molar-refractivity contribution in [2.24, 2.45) is 0 Å². The second-order valence-corrected chi connectivity index (χ2v) is 5.51. The van der Waals surface area contributed by atoms with Crippen LogP contribution in [0, 0.1) is 6.92 Å². The second-order valence-electron chi connectivity index (χ2n) is 5.51. The minimum absolute atomic E-state index is 0.0692. The van der Waals surface area contributed by atoms with Crippen molar-refractivity contribution in [1.82, 2.24) is 9.88 Å². The van der Waals surface area contributed by atoms with E-state index in [-0.39, 0.29) is 11.7 Å². The zero-order valence-electron chi connectivity index (χ0n) is 13.8. The van der Waals surface area contributed by atoms with Crippen LogP contribution in [0.15, 0.2) is 36.4 Å². The fraction of sp³-hybridized carbons (Fsp3) is 0.333. The average Bonchev–Trinajstić information content (AvgIpc) is 2.53. The van der Waals surface area contributed by atoms with Gasteiger partial charge in [0.05, 0.1) is 6.54 Å². The molecule has 0 aliphatic heterocycles. The van der Waals surface area contributed by atoms with Gasteiger partial charge in [-0.2, -0.15) is 0 Å². The van der Waals surface area contributed by atoms with E-state index in [0.29, 0.717) is 25.3 Å². The van der Waals surface area contributed by atoms with E-state index in [1.807, 2.05) is 38.1 Å². The van der Waals surface area contributed by atoms with Gasteiger partial charge in [0.15, 0.2) is 0 Å². The summed E-state index contributed by atoms with van der Waals surface area (Å²) in [5.41, 5.74) is 3.49. The number of pyridine rings is 1. The normalized spacial score (nSPS) is 10.4. The van der Waals surface area contributed by atoms with Crippen molar-refractivity contribution in [3.63, 3.8) is 0 Å². The fourth-order valence-electron chi connectivity index (χ4n) is 2.36. The molecule has 0 saturated heterocycles. The highest BCUT2D eigenvalue weighted by Crippen LogP contribution is 2.18. The standard InChI is InChI=1S/C18H23N3O2/c1-4-21(14(3)22)12-15-6-5-7-16(10-15)19-11-17-18(23)9-8-13(2)20-17/h5-10,19,23H,4,11-12H2,1-3H3. The molecule has 2 rings (SSSR count). The molecule has 0 unspecified atom stereocenters. The lowest BCUT2D eigenvalue weighted by Crippen LogP contribution is -2.27. The van der Waals surface area contributed by atoms with Crippen molar-refractivity contribution in [1.29, 1.82) is 0 Å². The Morgan fingerprint density at radius 2 is 2.09 bits per heavy atom. The largest absolute Gasteiger partial charge is 0.506 e. The lowest BCUT2D eigenvalue weighted by atomic mass is 10.2. The molecule has 1 heterocycles. The summed E-state index contributed by atoms with van der Waals surface area (Å²) in [6.07, 6.45) is 0. The first-order valence-electron chi connectivity index (χ1n) is 7.73. The molecule has 1 amide bonds. The molecule has 1 aromatic heterocycles. The van der Waals surface area contributed by atoms with Gasteiger partial charge < -0.3 is 15.3 Å². The third kappa shape index (κ3) is 4.71. The van der Waals surface area contributed by atoms with Crippen molar-refractivity contribution >= 4 is 11.6 Å². The number of aromatic hydroxyl groups is 1. The Kier molecular flexibility index (Phi) is 5.57. The first-order chi connectivity index (χ1) is 11.0. The topological polar surface area (TPSA) is 65.5 Å². The van der Waals surface area contributed by atoms with Crippen LogP contribution < -0.4 is 5.32 Å². The average molecular weight is 313 g/mol. The van der Waals surface area contributed by atoms with Gasteiger partial charge in [0.2, 0.25) is 5.91 Å². The van der Waals surface area contributed by atoms with Crippen molar-refractivity contribution in [3.8, 4) is 5.75 Å². The molecule has 0 bridgehead atoms. The molecular formula is C18H23N3O2. The van der Waals surface area contributed by atoms with E-state index in [4.69, 9.17) is 0 Å². The Morgan fingerprint density at radius 3 is 2.78 bits per heavy atom. The minimum atomic E-state index is 0.0692. The van der Waals surface area contributed by atoms with Gasteiger partial charge in [0, 0.05) is 31.4 Å². The molecule has 23 heavy (non-hydrogen) atoms. The molecule has 1 aromatic carbocycles. The van der Waals surface area contributed by atoms with Crippen molar-refractivity contribution in [2.45, 2.75) is 33.9 Å². The molecule has 5 heteroatoms. The fourth-order valence-corrected chi connectivity index (χ4v) is 2.36. The number of carbonyl (C=O) groups is 1. The molecule has 0 aliphatic rings. The van der Waals surface area contributed by atoms with Gasteiger partial charge in [0.25, 0.3) is 0 Å². The maximum absolute atomic E-state index is 11.5. The molecule has 2 aromatic rings. The Hall–Kier alpha value is -2.56. The van der Waals surface area contributed by atoms with E-state index >= 15 is 0 Å². The van der Waals surface area contributed by atoms with Crippen LogP contribution in [0.2, 0.25) is 0 Å². The third-order valence-electron chi connectivity index (χ3n) is 3.68. The van der Waals surface area contributed by atoms with E-state index in [9.17, 15) is 9.90 Å². The SMILES string of the molecule is CCN(Cc1cccc(NCc2nc(C)ccc2O)c1)C(C)=O. The van der Waals surface area contributed by atoms with Gasteiger partial charge in [-0.1, -0.05) is 12.1 Å². The van der Waals surface area contributed by atoms with Gasteiger partial charge in [0.1, 0.15) is 11.4 Å². The van der Waals surface area contributed by atoms with Gasteiger partial charge in [-0.25, -0.2) is 0 Å². The van der Waals surface area contributed by atoms with E-state index in [2.05, 4.69) is 10.3 Å². The molecule has 0 spiro atoms. The molecule has 2 N–H and O–H groups in total. The maximum atomic E-state index is 11.5. The molecule has 0 fully saturated rings. The van der Waals surface area contributed by atoms with Crippen molar-refractivity contribution < 1.29 is 9.90 Å². The van der Waals surface area contributed by atoms with E-state index in [1.54, 1.807) is 24.0 Å². The lowest BCUT2D eigenvalue weighted by Gasteiger charge is -2.19. The monoisotopic (exact) mass is 313 g/mol. The smallest absolute Gasteiger partial charge is 0.219 e. The van der Waals surface area contributed by atoms with Gasteiger partial charge in [-0.15, -0.1) is 0 Å². The summed E-state index contributed by atoms with van der Waals surface area (Å²) in [6, 6.07) is 11.4. The van der Waals surface area contributed by atoms with Crippen LogP contribution in [-0.2, 0) is 17.9 Å². The summed E-state index contributed by atoms with van der Waals surface area (Å²) in [5.74, 6) is 0.257. The van der Waals surface area contributed by atoms with Crippen LogP contribution in [0.1, 0.15) is 30.8 Å². The van der Waals surface area contributed by atoms with Crippen LogP contribution in [-0.4, -0.2) is 27.4 Å². The molecule has 5 nitrogen and oxygen atoms in total. The number of hydrogen-bond donors (Lipinski definition) is 2. The number of anilines is 1. The van der Waals surface area contributed by atoms with Crippen molar-refractivity contribution in [3.05, 3.63) is 53.3 Å². The predicted octanol–water partition coefficient (Wildman–Crippen LogP) is 3.08. The van der Waals surface area contributed by atoms with Gasteiger partial charge in [-0.3, -0.25) is 9.78 Å². The molecule has 0 saturated carbocycles. The zero-order chi connectivity index (χ0) is 16.8. The Labute approximate surface area is 137 Å². The Bertz CT molecular complexity index is 686. The first-order valence-corrected chi connectivity index (χ1v) is 7.73. The third-order valence-corrected chi connectivity index (χ3v) is 3.68. The molecule has 122 valence electrons. The van der Waals surface area contributed by atoms with Crippen molar-refractivity contribution in [2.75, 3.05) is 11.9 Å². The quantitative estimate of drug-likeness (QED) is 0.860. The highest BCUT2D eigenvalue weighted by Gasteiger charge is 2.08. The van der Waals surface area contributed by atoms with Crippen LogP contribution >= 0.6 is 0 Å². The number of aromatic nitrogens is 1. The van der Waals surface area contributed by atoms with Crippen LogP contribution in [0.4, 0.5) is 5.69 Å². The highest BCUT2D eigenvalue weighted by molar-refractivity contribution is 5.73. The van der Waals surface area contributed by atoms with E-state index in [1.165, 1.54) is 0 Å². The maximum Gasteiger partial charge on any atom is 0.219 e. The predicted molar refractivity (Wildman–Crippen MR) is 91.2 cm³/mol. The molecular weight excluding hydrogens is 290 g/mol. The highest BCUT2D eigenvalue weighted by atomic mass is 16.3. The Morgan fingerprint density at radius 1 is 1.30 bits per heavy atom. The molecule has 0 atom stereocenters. The number of hydrogen-bond acceptors (Lipinski definition) is 4. The number of nitrogens with one attached hydrogen (secondary N) is 1. The summed E-state index contributed by atoms with van der Waals surface area (Å²) in [5, 5.41) is 13.1. The number of amides is 1. The number of carbonyl (C=O) groups excluding carboxylic acids is 1. The molecule has 0 aliphatic carbocycles. The van der Waals surface area contributed by atoms with Gasteiger partial charge in [-0.05, 0) is 43.7 Å². The minimum Gasteiger partial charge on any atom is -0.506 e. The van der Waals surface area contributed by atoms with E-state index < -0.39 is 0 Å². The summed E-state index contributed by atoms with van der Waals surface area (Å²) in [4.78, 5) is 17.6. The number of rotatable bonds is 6. The van der Waals surface area contributed by atoms with E-state index in [0.717, 1.165) is 16.9 Å². The first kappa shape index (κ1) is 16.8. The summed E-state index contributed by atoms with van der Waals surface area (Å²) in [7, 11) is 0. The zero-order valence-corrected chi connectivity index (χ0v) is 13.8. The summed E-state index contributed by atoms with van der Waals surface area (Å²) in [6.45, 7) is 7.17. The van der Waals surface area contributed by atoms with Gasteiger partial charge >= 0.3 is 0 Å².